The Labute approximate surface area is 95.7 Å². The van der Waals surface area contributed by atoms with Gasteiger partial charge in [-0.15, -0.1) is 0 Å². The molecule has 0 spiro atoms. The summed E-state index contributed by atoms with van der Waals surface area (Å²) in [5.74, 6) is 1.08. The topological polar surface area (TPSA) is 42.7 Å². The predicted molar refractivity (Wildman–Crippen MR) is 65.3 cm³/mol. The lowest BCUT2D eigenvalue weighted by Gasteiger charge is -2.12. The summed E-state index contributed by atoms with van der Waals surface area (Å²) in [5.41, 5.74) is 2.14. The van der Waals surface area contributed by atoms with E-state index >= 15 is 0 Å². The first-order valence-corrected chi connectivity index (χ1v) is 5.75. The van der Waals surface area contributed by atoms with Gasteiger partial charge in [-0.05, 0) is 26.5 Å². The molecular weight excluding hydrogens is 200 g/mol. The maximum absolute atomic E-state index is 4.61. The zero-order valence-corrected chi connectivity index (χ0v) is 10.1. The van der Waals surface area contributed by atoms with Crippen LogP contribution in [0.1, 0.15) is 32.6 Å². The highest BCUT2D eigenvalue weighted by molar-refractivity contribution is 5.74. The van der Waals surface area contributed by atoms with Gasteiger partial charge < -0.3 is 9.88 Å². The Morgan fingerprint density at radius 2 is 2.25 bits per heavy atom. The van der Waals surface area contributed by atoms with Gasteiger partial charge in [-0.1, -0.05) is 6.92 Å². The normalized spacial score (nSPS) is 11.5. The van der Waals surface area contributed by atoms with Gasteiger partial charge in [0.1, 0.15) is 11.3 Å². The molecule has 86 valence electrons. The van der Waals surface area contributed by atoms with Crippen LogP contribution in [-0.2, 0) is 6.54 Å². The van der Waals surface area contributed by atoms with Gasteiger partial charge in [0.15, 0.2) is 0 Å². The van der Waals surface area contributed by atoms with Gasteiger partial charge in [0.25, 0.3) is 0 Å². The summed E-state index contributed by atoms with van der Waals surface area (Å²) in [5, 5.41) is 3.32. The first kappa shape index (κ1) is 11.1. The number of rotatable bonds is 4. The molecule has 0 saturated carbocycles. The molecule has 2 rings (SSSR count). The molecule has 2 aromatic rings. The molecule has 0 radical (unpaired) electrons. The number of aromatic nitrogens is 3. The number of hydrogen-bond acceptors (Lipinski definition) is 3. The molecule has 0 bridgehead atoms. The van der Waals surface area contributed by atoms with Crippen molar-refractivity contribution in [1.29, 1.82) is 0 Å². The summed E-state index contributed by atoms with van der Waals surface area (Å²) in [7, 11) is 0. The third kappa shape index (κ3) is 1.93. The Morgan fingerprint density at radius 3 is 2.94 bits per heavy atom. The molecule has 0 fully saturated rings. The fraction of sp³-hybridized carbons (Fsp3) is 0.500. The van der Waals surface area contributed by atoms with Gasteiger partial charge in [0.2, 0.25) is 0 Å². The van der Waals surface area contributed by atoms with Gasteiger partial charge in [-0.25, -0.2) is 4.98 Å². The molecule has 1 N–H and O–H groups in total. The third-order valence-electron chi connectivity index (χ3n) is 2.61. The zero-order chi connectivity index (χ0) is 11.5. The molecule has 0 atom stereocenters. The van der Waals surface area contributed by atoms with Gasteiger partial charge in [0, 0.05) is 12.2 Å². The van der Waals surface area contributed by atoms with Gasteiger partial charge in [0.05, 0.1) is 18.3 Å². The molecular formula is C12H18N4. The lowest BCUT2D eigenvalue weighted by Crippen LogP contribution is -2.17. The number of nitrogens with one attached hydrogen (secondary N) is 1. The fourth-order valence-corrected chi connectivity index (χ4v) is 1.94. The third-order valence-corrected chi connectivity index (χ3v) is 2.61. The highest BCUT2D eigenvalue weighted by atomic mass is 15.1. The molecule has 2 heterocycles. The van der Waals surface area contributed by atoms with Crippen molar-refractivity contribution in [2.45, 2.75) is 33.4 Å². The van der Waals surface area contributed by atoms with Crippen LogP contribution >= 0.6 is 0 Å². The Kier molecular flexibility index (Phi) is 3.19. The first-order chi connectivity index (χ1) is 7.74. The van der Waals surface area contributed by atoms with E-state index in [2.05, 4.69) is 40.6 Å². The van der Waals surface area contributed by atoms with Crippen molar-refractivity contribution in [3.8, 4) is 0 Å². The van der Waals surface area contributed by atoms with Crippen molar-refractivity contribution in [2.75, 3.05) is 6.54 Å². The number of imidazole rings is 1. The Morgan fingerprint density at radius 1 is 1.44 bits per heavy atom. The smallest absolute Gasteiger partial charge is 0.124 e. The van der Waals surface area contributed by atoms with Crippen molar-refractivity contribution in [3.05, 3.63) is 24.3 Å². The number of pyridine rings is 1. The van der Waals surface area contributed by atoms with Crippen LogP contribution in [0.2, 0.25) is 0 Å². The Hall–Kier alpha value is -1.42. The van der Waals surface area contributed by atoms with Crippen molar-refractivity contribution >= 4 is 11.0 Å². The molecule has 0 aliphatic heterocycles. The maximum Gasteiger partial charge on any atom is 0.124 e. The Bertz CT molecular complexity index is 473. The molecule has 16 heavy (non-hydrogen) atoms. The predicted octanol–water partition coefficient (Wildman–Crippen LogP) is 2.12. The van der Waals surface area contributed by atoms with E-state index in [4.69, 9.17) is 0 Å². The van der Waals surface area contributed by atoms with Crippen LogP contribution < -0.4 is 5.32 Å². The van der Waals surface area contributed by atoms with Crippen LogP contribution in [-0.4, -0.2) is 21.1 Å². The molecule has 0 saturated heterocycles. The standard InChI is InChI=1S/C12H18N4/c1-4-13-8-12-15-10-7-14-6-5-11(10)16(12)9(2)3/h5-7,9,13H,4,8H2,1-3H3. The summed E-state index contributed by atoms with van der Waals surface area (Å²) in [6, 6.07) is 2.44. The average Bonchev–Trinajstić information content (AvgIpc) is 2.64. The van der Waals surface area contributed by atoms with Gasteiger partial charge in [-0.3, -0.25) is 4.98 Å². The molecule has 0 aliphatic rings. The molecule has 4 heteroatoms. The molecule has 4 nitrogen and oxygen atoms in total. The van der Waals surface area contributed by atoms with Crippen molar-refractivity contribution in [3.63, 3.8) is 0 Å². The largest absolute Gasteiger partial charge is 0.324 e. The van der Waals surface area contributed by atoms with Crippen LogP contribution in [0.3, 0.4) is 0 Å². The van der Waals surface area contributed by atoms with Crippen molar-refractivity contribution in [2.24, 2.45) is 0 Å². The van der Waals surface area contributed by atoms with E-state index in [1.165, 1.54) is 0 Å². The van der Waals surface area contributed by atoms with Crippen LogP contribution in [0, 0.1) is 0 Å². The summed E-state index contributed by atoms with van der Waals surface area (Å²) in [6.07, 6.45) is 3.64. The number of nitrogens with zero attached hydrogens (tertiary/aromatic N) is 3. The second-order valence-corrected chi connectivity index (χ2v) is 4.14. The molecule has 0 aliphatic carbocycles. The molecule has 0 unspecified atom stereocenters. The molecule has 2 aromatic heterocycles. The van der Waals surface area contributed by atoms with Crippen LogP contribution in [0.25, 0.3) is 11.0 Å². The molecule has 0 amide bonds. The second kappa shape index (κ2) is 4.61. The van der Waals surface area contributed by atoms with E-state index in [0.717, 1.165) is 29.9 Å². The average molecular weight is 218 g/mol. The van der Waals surface area contributed by atoms with Crippen LogP contribution in [0.4, 0.5) is 0 Å². The van der Waals surface area contributed by atoms with Gasteiger partial charge in [-0.2, -0.15) is 0 Å². The van der Waals surface area contributed by atoms with E-state index in [1.54, 1.807) is 0 Å². The highest BCUT2D eigenvalue weighted by Crippen LogP contribution is 2.19. The summed E-state index contributed by atoms with van der Waals surface area (Å²) < 4.78 is 2.26. The molecule has 0 aromatic carbocycles. The minimum absolute atomic E-state index is 0.418. The van der Waals surface area contributed by atoms with Crippen molar-refractivity contribution in [1.82, 2.24) is 19.9 Å². The minimum Gasteiger partial charge on any atom is -0.324 e. The Balaban J connectivity index is 2.50. The minimum atomic E-state index is 0.418. The second-order valence-electron chi connectivity index (χ2n) is 4.14. The summed E-state index contributed by atoms with van der Waals surface area (Å²) >= 11 is 0. The van der Waals surface area contributed by atoms with E-state index in [9.17, 15) is 0 Å². The van der Waals surface area contributed by atoms with E-state index in [1.807, 2.05) is 18.5 Å². The SMILES string of the molecule is CCNCc1nc2cnccc2n1C(C)C. The lowest BCUT2D eigenvalue weighted by atomic mass is 10.3. The number of hydrogen-bond donors (Lipinski definition) is 1. The fourth-order valence-electron chi connectivity index (χ4n) is 1.94. The monoisotopic (exact) mass is 218 g/mol. The first-order valence-electron chi connectivity index (χ1n) is 5.75. The summed E-state index contributed by atoms with van der Waals surface area (Å²) in [6.45, 7) is 8.22. The van der Waals surface area contributed by atoms with Crippen LogP contribution in [0.5, 0.6) is 0 Å². The maximum atomic E-state index is 4.61. The van der Waals surface area contributed by atoms with Crippen molar-refractivity contribution < 1.29 is 0 Å². The number of fused-ring (bicyclic) bond motifs is 1. The quantitative estimate of drug-likeness (QED) is 0.854. The summed E-state index contributed by atoms with van der Waals surface area (Å²) in [4.78, 5) is 8.72. The van der Waals surface area contributed by atoms with E-state index in [-0.39, 0.29) is 0 Å². The van der Waals surface area contributed by atoms with Gasteiger partial charge >= 0.3 is 0 Å². The van der Waals surface area contributed by atoms with E-state index in [0.29, 0.717) is 6.04 Å². The highest BCUT2D eigenvalue weighted by Gasteiger charge is 2.12. The zero-order valence-electron chi connectivity index (χ0n) is 10.1. The van der Waals surface area contributed by atoms with Crippen LogP contribution in [0.15, 0.2) is 18.5 Å². The van der Waals surface area contributed by atoms with E-state index < -0.39 is 0 Å². The lowest BCUT2D eigenvalue weighted by molar-refractivity contribution is 0.560.